The van der Waals surface area contributed by atoms with Gasteiger partial charge in [0.25, 0.3) is 0 Å². The van der Waals surface area contributed by atoms with Crippen molar-refractivity contribution < 1.29 is 34.0 Å². The van der Waals surface area contributed by atoms with E-state index in [-0.39, 0.29) is 57.0 Å². The van der Waals surface area contributed by atoms with Gasteiger partial charge in [-0.15, -0.1) is 0 Å². The summed E-state index contributed by atoms with van der Waals surface area (Å²) in [5.74, 6) is 0. The number of rotatable bonds is 0. The third-order valence-electron chi connectivity index (χ3n) is 0.750. The molecular formula is C4H7Br2MgN. The van der Waals surface area contributed by atoms with Crippen LogP contribution in [0.15, 0.2) is 4.99 Å². The van der Waals surface area contributed by atoms with E-state index in [1.807, 2.05) is 6.21 Å². The first-order chi connectivity index (χ1) is 2.50. The van der Waals surface area contributed by atoms with Crippen LogP contribution in [-0.2, 0) is 0 Å². The molecule has 1 rings (SSSR count). The molecule has 4 heteroatoms. The van der Waals surface area contributed by atoms with Crippen LogP contribution in [0.5, 0.6) is 0 Å². The van der Waals surface area contributed by atoms with Gasteiger partial charge in [-0.05, 0) is 19.1 Å². The maximum absolute atomic E-state index is 3.96. The molecule has 0 saturated carbocycles. The first-order valence-electron chi connectivity index (χ1n) is 1.98. The van der Waals surface area contributed by atoms with Crippen LogP contribution < -0.4 is 34.0 Å². The Morgan fingerprint density at radius 1 is 1.25 bits per heavy atom. The molecule has 0 aromatic rings. The molecule has 0 bridgehead atoms. The van der Waals surface area contributed by atoms with E-state index in [2.05, 4.69) is 4.99 Å². The van der Waals surface area contributed by atoms with Gasteiger partial charge in [-0.1, -0.05) is 0 Å². The van der Waals surface area contributed by atoms with Gasteiger partial charge < -0.3 is 34.0 Å². The van der Waals surface area contributed by atoms with Gasteiger partial charge in [-0.3, -0.25) is 4.99 Å². The van der Waals surface area contributed by atoms with E-state index in [9.17, 15) is 0 Å². The number of hydrogen-bond acceptors (Lipinski definition) is 1. The Morgan fingerprint density at radius 2 is 1.88 bits per heavy atom. The van der Waals surface area contributed by atoms with E-state index in [0.717, 1.165) is 6.54 Å². The Morgan fingerprint density at radius 3 is 2.00 bits per heavy atom. The van der Waals surface area contributed by atoms with E-state index in [1.54, 1.807) is 0 Å². The van der Waals surface area contributed by atoms with E-state index < -0.39 is 0 Å². The summed E-state index contributed by atoms with van der Waals surface area (Å²) in [5.41, 5.74) is 0. The van der Waals surface area contributed by atoms with Gasteiger partial charge in [0.1, 0.15) is 0 Å². The molecule has 8 heavy (non-hydrogen) atoms. The largest absolute Gasteiger partial charge is 2.00 e. The number of hydrogen-bond donors (Lipinski definition) is 0. The number of halogens is 2. The fourth-order valence-electron chi connectivity index (χ4n) is 0.456. The minimum Gasteiger partial charge on any atom is -1.00 e. The molecule has 1 aliphatic rings. The number of aliphatic imine (C=N–C) groups is 1. The molecule has 0 spiro atoms. The van der Waals surface area contributed by atoms with Crippen molar-refractivity contribution in [1.29, 1.82) is 0 Å². The summed E-state index contributed by atoms with van der Waals surface area (Å²) in [4.78, 5) is 3.96. The fourth-order valence-corrected chi connectivity index (χ4v) is 0.456. The minimum atomic E-state index is 0. The Hall–Kier alpha value is 1.40. The Kier molecular flexibility index (Phi) is 22.7. The van der Waals surface area contributed by atoms with E-state index in [1.165, 1.54) is 12.8 Å². The summed E-state index contributed by atoms with van der Waals surface area (Å²) >= 11 is 0. The summed E-state index contributed by atoms with van der Waals surface area (Å²) in [6, 6.07) is 0. The molecule has 1 heterocycles. The van der Waals surface area contributed by atoms with Crippen molar-refractivity contribution in [2.45, 2.75) is 12.8 Å². The molecule has 0 amide bonds. The monoisotopic (exact) mass is 251 g/mol. The van der Waals surface area contributed by atoms with Gasteiger partial charge in [0.15, 0.2) is 0 Å². The Labute approximate surface area is 87.0 Å². The summed E-state index contributed by atoms with van der Waals surface area (Å²) < 4.78 is 0. The van der Waals surface area contributed by atoms with Crippen LogP contribution in [0.1, 0.15) is 12.8 Å². The second kappa shape index (κ2) is 11.2. The van der Waals surface area contributed by atoms with Gasteiger partial charge in [0.2, 0.25) is 0 Å². The molecule has 0 radical (unpaired) electrons. The van der Waals surface area contributed by atoms with Gasteiger partial charge in [0, 0.05) is 6.54 Å². The molecule has 0 atom stereocenters. The van der Waals surface area contributed by atoms with E-state index in [0.29, 0.717) is 0 Å². The molecule has 0 unspecified atom stereocenters. The standard InChI is InChI=1S/C4H7N.2BrH.Mg/c1-2-4-5-3-1;;;/h3H,1-2,4H2;2*1H;/q;;;+2/p-2. The van der Waals surface area contributed by atoms with Crippen LogP contribution in [0.4, 0.5) is 0 Å². The van der Waals surface area contributed by atoms with Crippen LogP contribution >= 0.6 is 0 Å². The van der Waals surface area contributed by atoms with Crippen molar-refractivity contribution in [2.75, 3.05) is 6.54 Å². The molecule has 0 aromatic carbocycles. The second-order valence-electron chi connectivity index (χ2n) is 1.23. The fraction of sp³-hybridized carbons (Fsp3) is 0.750. The van der Waals surface area contributed by atoms with E-state index >= 15 is 0 Å². The van der Waals surface area contributed by atoms with Crippen LogP contribution in [-0.4, -0.2) is 35.8 Å². The molecule has 0 saturated heterocycles. The summed E-state index contributed by atoms with van der Waals surface area (Å²) in [5, 5.41) is 0. The van der Waals surface area contributed by atoms with Crippen molar-refractivity contribution in [3.05, 3.63) is 0 Å². The topological polar surface area (TPSA) is 12.4 Å². The van der Waals surface area contributed by atoms with Gasteiger partial charge in [-0.25, -0.2) is 0 Å². The third-order valence-corrected chi connectivity index (χ3v) is 0.750. The molecule has 0 fully saturated rings. The molecule has 0 N–H and O–H groups in total. The number of nitrogens with zero attached hydrogens (tertiary/aromatic N) is 1. The van der Waals surface area contributed by atoms with Crippen molar-refractivity contribution in [3.63, 3.8) is 0 Å². The quantitative estimate of drug-likeness (QED) is 0.382. The molecule has 1 aliphatic heterocycles. The predicted octanol–water partition coefficient (Wildman–Crippen LogP) is -5.52. The smallest absolute Gasteiger partial charge is 1.00 e. The molecule has 1 nitrogen and oxygen atoms in total. The van der Waals surface area contributed by atoms with Crippen molar-refractivity contribution >= 4 is 29.3 Å². The SMILES string of the molecule is C1=NCCC1.[Br-].[Br-].[Mg+2]. The van der Waals surface area contributed by atoms with Crippen molar-refractivity contribution in [2.24, 2.45) is 4.99 Å². The van der Waals surface area contributed by atoms with Crippen molar-refractivity contribution in [3.8, 4) is 0 Å². The van der Waals surface area contributed by atoms with Crippen LogP contribution in [0, 0.1) is 0 Å². The molecule has 0 aliphatic carbocycles. The van der Waals surface area contributed by atoms with Gasteiger partial charge in [-0.2, -0.15) is 0 Å². The predicted molar refractivity (Wildman–Crippen MR) is 28.3 cm³/mol. The first kappa shape index (κ1) is 16.2. The minimum absolute atomic E-state index is 0. The van der Waals surface area contributed by atoms with Crippen LogP contribution in [0.3, 0.4) is 0 Å². The Balaban J connectivity index is -0.0000000833. The summed E-state index contributed by atoms with van der Waals surface area (Å²) in [7, 11) is 0. The van der Waals surface area contributed by atoms with Crippen LogP contribution in [0.2, 0.25) is 0 Å². The molecular weight excluding hydrogens is 246 g/mol. The van der Waals surface area contributed by atoms with E-state index in [4.69, 9.17) is 0 Å². The average Bonchev–Trinajstić information content (AvgIpc) is 1.76. The zero-order valence-corrected chi connectivity index (χ0v) is 9.20. The molecule has 44 valence electrons. The zero-order chi connectivity index (χ0) is 3.54. The summed E-state index contributed by atoms with van der Waals surface area (Å²) in [6.45, 7) is 1.07. The van der Waals surface area contributed by atoms with Crippen molar-refractivity contribution in [1.82, 2.24) is 0 Å². The Bertz CT molecular complexity index is 52.0. The normalized spacial score (nSPS) is 13.0. The van der Waals surface area contributed by atoms with Gasteiger partial charge in [0.05, 0.1) is 0 Å². The molecule has 0 aromatic heterocycles. The second-order valence-corrected chi connectivity index (χ2v) is 1.23. The first-order valence-corrected chi connectivity index (χ1v) is 1.98. The van der Waals surface area contributed by atoms with Crippen LogP contribution in [0.25, 0.3) is 0 Å². The zero-order valence-electron chi connectivity index (χ0n) is 4.61. The maximum atomic E-state index is 3.96. The third kappa shape index (κ3) is 7.40. The van der Waals surface area contributed by atoms with Gasteiger partial charge >= 0.3 is 23.1 Å². The average molecular weight is 253 g/mol. The summed E-state index contributed by atoms with van der Waals surface area (Å²) in [6.07, 6.45) is 4.47. The maximum Gasteiger partial charge on any atom is 2.00 e.